The van der Waals surface area contributed by atoms with E-state index in [2.05, 4.69) is 43.9 Å². The normalized spacial score (nSPS) is 19.0. The molecule has 0 aliphatic carbocycles. The van der Waals surface area contributed by atoms with Gasteiger partial charge in [0, 0.05) is 50.6 Å². The summed E-state index contributed by atoms with van der Waals surface area (Å²) in [5.74, 6) is 2.42. The number of halogens is 2. The second-order valence-electron chi connectivity index (χ2n) is 6.76. The monoisotopic (exact) mass is 401 g/mol. The third-order valence-corrected chi connectivity index (χ3v) is 4.88. The Morgan fingerprint density at radius 2 is 2.00 bits per heavy atom. The van der Waals surface area contributed by atoms with Gasteiger partial charge in [0.25, 0.3) is 0 Å². The molecule has 1 amide bonds. The molecule has 4 heterocycles. The minimum absolute atomic E-state index is 0. The average molecular weight is 402 g/mol. The van der Waals surface area contributed by atoms with E-state index in [-0.39, 0.29) is 36.8 Å². The molecule has 2 aliphatic heterocycles. The lowest BCUT2D eigenvalue weighted by atomic mass is 10.0. The van der Waals surface area contributed by atoms with Gasteiger partial charge in [0.15, 0.2) is 0 Å². The summed E-state index contributed by atoms with van der Waals surface area (Å²) in [6.45, 7) is 7.14. The van der Waals surface area contributed by atoms with Crippen molar-refractivity contribution in [2.24, 2.45) is 0 Å². The van der Waals surface area contributed by atoms with E-state index in [1.54, 1.807) is 6.33 Å². The van der Waals surface area contributed by atoms with Crippen molar-refractivity contribution in [3.8, 4) is 0 Å². The predicted molar refractivity (Wildman–Crippen MR) is 102 cm³/mol. The number of aromatic amines is 1. The van der Waals surface area contributed by atoms with Gasteiger partial charge < -0.3 is 19.8 Å². The Labute approximate surface area is 165 Å². The van der Waals surface area contributed by atoms with E-state index in [9.17, 15) is 4.79 Å². The van der Waals surface area contributed by atoms with Crippen LogP contribution in [-0.2, 0) is 24.2 Å². The van der Waals surface area contributed by atoms with Crippen molar-refractivity contribution >= 4 is 30.7 Å². The Kier molecular flexibility index (Phi) is 6.65. The van der Waals surface area contributed by atoms with E-state index in [1.165, 1.54) is 0 Å². The SMILES string of the molecule is CC(C)c1nnc2n1CCN(C(=O)C1NCCc3[nH]cnc31)CC2.Cl.Cl. The maximum absolute atomic E-state index is 13.0. The lowest BCUT2D eigenvalue weighted by Gasteiger charge is -2.28. The van der Waals surface area contributed by atoms with Crippen molar-refractivity contribution in [1.82, 2.24) is 34.9 Å². The summed E-state index contributed by atoms with van der Waals surface area (Å²) in [6.07, 6.45) is 3.31. The number of amides is 1. The van der Waals surface area contributed by atoms with Crippen LogP contribution < -0.4 is 5.32 Å². The van der Waals surface area contributed by atoms with Gasteiger partial charge in [-0.15, -0.1) is 35.0 Å². The quantitative estimate of drug-likeness (QED) is 0.789. The van der Waals surface area contributed by atoms with Crippen LogP contribution in [0.3, 0.4) is 0 Å². The molecule has 0 spiro atoms. The van der Waals surface area contributed by atoms with Crippen molar-refractivity contribution in [3.05, 3.63) is 29.4 Å². The standard InChI is InChI=1S/C16H23N7O.2ClH/c1-10(2)15-21-20-12-4-6-22(7-8-23(12)15)16(24)14-13-11(3-5-17-14)18-9-19-13;;/h9-10,14,17H,3-8H2,1-2H3,(H,18,19);2*1H. The van der Waals surface area contributed by atoms with Crippen molar-refractivity contribution in [2.75, 3.05) is 19.6 Å². The van der Waals surface area contributed by atoms with Crippen LogP contribution in [0.1, 0.15) is 48.8 Å². The number of hydrogen-bond acceptors (Lipinski definition) is 5. The lowest BCUT2D eigenvalue weighted by Crippen LogP contribution is -2.45. The van der Waals surface area contributed by atoms with Crippen LogP contribution in [0.15, 0.2) is 6.33 Å². The topological polar surface area (TPSA) is 91.7 Å². The van der Waals surface area contributed by atoms with E-state index in [4.69, 9.17) is 0 Å². The fourth-order valence-corrected chi connectivity index (χ4v) is 3.60. The highest BCUT2D eigenvalue weighted by Crippen LogP contribution is 2.23. The fourth-order valence-electron chi connectivity index (χ4n) is 3.60. The van der Waals surface area contributed by atoms with Crippen molar-refractivity contribution in [1.29, 1.82) is 0 Å². The van der Waals surface area contributed by atoms with Crippen molar-refractivity contribution < 1.29 is 4.79 Å². The fraction of sp³-hybridized carbons (Fsp3) is 0.625. The van der Waals surface area contributed by atoms with Gasteiger partial charge in [-0.1, -0.05) is 13.8 Å². The van der Waals surface area contributed by atoms with Gasteiger partial charge in [-0.25, -0.2) is 4.98 Å². The Morgan fingerprint density at radius 1 is 1.19 bits per heavy atom. The van der Waals surface area contributed by atoms with Crippen molar-refractivity contribution in [2.45, 2.75) is 45.2 Å². The number of fused-ring (bicyclic) bond motifs is 2. The minimum atomic E-state index is -0.340. The molecule has 2 N–H and O–H groups in total. The van der Waals surface area contributed by atoms with Crippen LogP contribution in [0.25, 0.3) is 0 Å². The summed E-state index contributed by atoms with van der Waals surface area (Å²) in [6, 6.07) is -0.340. The van der Waals surface area contributed by atoms with Crippen molar-refractivity contribution in [3.63, 3.8) is 0 Å². The first-order valence-electron chi connectivity index (χ1n) is 8.61. The van der Waals surface area contributed by atoms with Crippen LogP contribution in [0.2, 0.25) is 0 Å². The lowest BCUT2D eigenvalue weighted by molar-refractivity contribution is -0.133. The van der Waals surface area contributed by atoms with E-state index < -0.39 is 0 Å². The minimum Gasteiger partial charge on any atom is -0.348 e. The molecular formula is C16H25Cl2N7O. The van der Waals surface area contributed by atoms with Gasteiger partial charge in [0.2, 0.25) is 5.91 Å². The highest BCUT2D eigenvalue weighted by molar-refractivity contribution is 5.85. The number of carbonyl (C=O) groups excluding carboxylic acids is 1. The highest BCUT2D eigenvalue weighted by atomic mass is 35.5. The van der Waals surface area contributed by atoms with E-state index in [0.717, 1.165) is 49.0 Å². The number of nitrogens with zero attached hydrogens (tertiary/aromatic N) is 5. The largest absolute Gasteiger partial charge is 0.348 e. The van der Waals surface area contributed by atoms with E-state index >= 15 is 0 Å². The van der Waals surface area contributed by atoms with Gasteiger partial charge >= 0.3 is 0 Å². The van der Waals surface area contributed by atoms with Gasteiger partial charge in [0.05, 0.1) is 12.0 Å². The van der Waals surface area contributed by atoms with Crippen LogP contribution in [-0.4, -0.2) is 55.2 Å². The molecule has 2 aromatic rings. The third kappa shape index (κ3) is 3.58. The molecule has 0 fully saturated rings. The van der Waals surface area contributed by atoms with Gasteiger partial charge in [-0.2, -0.15) is 0 Å². The number of H-pyrrole nitrogens is 1. The molecule has 26 heavy (non-hydrogen) atoms. The molecule has 0 saturated carbocycles. The molecule has 8 nitrogen and oxygen atoms in total. The molecule has 2 aliphatic rings. The summed E-state index contributed by atoms with van der Waals surface area (Å²) in [4.78, 5) is 22.4. The van der Waals surface area contributed by atoms with Gasteiger partial charge in [-0.3, -0.25) is 4.79 Å². The van der Waals surface area contributed by atoms with E-state index in [0.29, 0.717) is 19.0 Å². The number of nitrogens with one attached hydrogen (secondary N) is 2. The summed E-state index contributed by atoms with van der Waals surface area (Å²) < 4.78 is 2.17. The molecule has 10 heteroatoms. The second-order valence-corrected chi connectivity index (χ2v) is 6.76. The smallest absolute Gasteiger partial charge is 0.246 e. The number of carbonyl (C=O) groups is 1. The van der Waals surface area contributed by atoms with Gasteiger partial charge in [-0.05, 0) is 0 Å². The van der Waals surface area contributed by atoms with Crippen LogP contribution >= 0.6 is 24.8 Å². The maximum Gasteiger partial charge on any atom is 0.246 e. The first-order valence-corrected chi connectivity index (χ1v) is 8.61. The summed E-state index contributed by atoms with van der Waals surface area (Å²) in [5, 5.41) is 11.9. The maximum atomic E-state index is 13.0. The molecule has 0 saturated heterocycles. The number of hydrogen-bond donors (Lipinski definition) is 2. The van der Waals surface area contributed by atoms with Crippen LogP contribution in [0.5, 0.6) is 0 Å². The molecule has 0 aromatic carbocycles. The molecule has 0 bridgehead atoms. The second kappa shape index (κ2) is 8.37. The summed E-state index contributed by atoms with van der Waals surface area (Å²) in [5.41, 5.74) is 1.92. The molecule has 4 rings (SSSR count). The Hall–Kier alpha value is -1.64. The van der Waals surface area contributed by atoms with Gasteiger partial charge in [0.1, 0.15) is 17.7 Å². The average Bonchev–Trinajstić information content (AvgIpc) is 3.16. The Morgan fingerprint density at radius 3 is 2.77 bits per heavy atom. The molecular weight excluding hydrogens is 377 g/mol. The molecule has 2 aromatic heterocycles. The molecule has 0 radical (unpaired) electrons. The summed E-state index contributed by atoms with van der Waals surface area (Å²) in [7, 11) is 0. The van der Waals surface area contributed by atoms with E-state index in [1.807, 2.05) is 4.90 Å². The Balaban J connectivity index is 0.00000121. The first kappa shape index (κ1) is 20.7. The number of aromatic nitrogens is 5. The highest BCUT2D eigenvalue weighted by Gasteiger charge is 2.33. The van der Waals surface area contributed by atoms with Crippen LogP contribution in [0.4, 0.5) is 0 Å². The number of imidazole rings is 1. The first-order chi connectivity index (χ1) is 11.6. The third-order valence-electron chi connectivity index (χ3n) is 4.88. The molecule has 1 unspecified atom stereocenters. The Bertz CT molecular complexity index is 758. The number of rotatable bonds is 2. The zero-order valence-corrected chi connectivity index (χ0v) is 16.6. The molecule has 1 atom stereocenters. The zero-order valence-electron chi connectivity index (χ0n) is 14.9. The molecule has 144 valence electrons. The summed E-state index contributed by atoms with van der Waals surface area (Å²) >= 11 is 0. The predicted octanol–water partition coefficient (Wildman–Crippen LogP) is 1.24. The zero-order chi connectivity index (χ0) is 16.7. The van der Waals surface area contributed by atoms with Crippen LogP contribution in [0, 0.1) is 0 Å².